The van der Waals surface area contributed by atoms with E-state index in [-0.39, 0.29) is 24.0 Å². The van der Waals surface area contributed by atoms with E-state index >= 15 is 0 Å². The Morgan fingerprint density at radius 2 is 1.50 bits per heavy atom. The van der Waals surface area contributed by atoms with Crippen LogP contribution in [0.1, 0.15) is 37.7 Å². The number of benzene rings is 3. The number of carbonyl (C=O) groups is 3. The molecule has 4 aromatic rings. The number of hydrogen-bond acceptors (Lipinski definition) is 4. The first-order valence-corrected chi connectivity index (χ1v) is 9.57. The molecular weight excluding hydrogens is 378 g/mol. The Morgan fingerprint density at radius 1 is 0.867 bits per heavy atom. The van der Waals surface area contributed by atoms with Gasteiger partial charge in [0.2, 0.25) is 5.91 Å². The van der Waals surface area contributed by atoms with Crippen LogP contribution in [0.4, 0.5) is 5.69 Å². The Bertz CT molecular complexity index is 1370. The zero-order valence-electron chi connectivity index (χ0n) is 16.2. The van der Waals surface area contributed by atoms with Gasteiger partial charge in [-0.3, -0.25) is 14.4 Å². The molecule has 6 nitrogen and oxygen atoms in total. The molecule has 1 aliphatic rings. The molecule has 1 amide bonds. The molecule has 0 bridgehead atoms. The molecule has 146 valence electrons. The van der Waals surface area contributed by atoms with Gasteiger partial charge in [-0.1, -0.05) is 36.4 Å². The maximum atomic E-state index is 12.9. The largest absolute Gasteiger partial charge is 0.325 e. The average Bonchev–Trinajstić information content (AvgIpc) is 3.07. The summed E-state index contributed by atoms with van der Waals surface area (Å²) in [5.41, 5.74) is 3.65. The number of aryl methyl sites for hydroxylation is 1. The second-order valence-corrected chi connectivity index (χ2v) is 7.25. The van der Waals surface area contributed by atoms with Crippen molar-refractivity contribution in [3.05, 3.63) is 94.8 Å². The summed E-state index contributed by atoms with van der Waals surface area (Å²) < 4.78 is 1.84. The predicted molar refractivity (Wildman–Crippen MR) is 113 cm³/mol. The molecule has 0 unspecified atom stereocenters. The number of amides is 1. The lowest BCUT2D eigenvalue weighted by Crippen LogP contribution is -2.22. The molecule has 0 spiro atoms. The highest BCUT2D eigenvalue weighted by atomic mass is 16.2. The minimum Gasteiger partial charge on any atom is -0.325 e. The Morgan fingerprint density at radius 3 is 2.27 bits per heavy atom. The van der Waals surface area contributed by atoms with E-state index in [2.05, 4.69) is 10.3 Å². The maximum absolute atomic E-state index is 12.9. The average molecular weight is 395 g/mol. The number of ketones is 2. The summed E-state index contributed by atoms with van der Waals surface area (Å²) in [6.45, 7) is 1.95. The van der Waals surface area contributed by atoms with Gasteiger partial charge >= 0.3 is 0 Å². The zero-order chi connectivity index (χ0) is 20.8. The van der Waals surface area contributed by atoms with Gasteiger partial charge in [0.15, 0.2) is 11.6 Å². The Balaban J connectivity index is 1.42. The van der Waals surface area contributed by atoms with Crippen LogP contribution in [0.2, 0.25) is 0 Å². The number of aromatic nitrogens is 2. The number of rotatable bonds is 3. The summed E-state index contributed by atoms with van der Waals surface area (Å²) in [6.07, 6.45) is 0. The van der Waals surface area contributed by atoms with Crippen molar-refractivity contribution in [1.82, 2.24) is 9.55 Å². The molecule has 6 heteroatoms. The van der Waals surface area contributed by atoms with E-state index in [1.54, 1.807) is 42.5 Å². The monoisotopic (exact) mass is 395 g/mol. The second kappa shape index (κ2) is 6.77. The minimum absolute atomic E-state index is 0.0964. The van der Waals surface area contributed by atoms with Crippen LogP contribution < -0.4 is 5.32 Å². The van der Waals surface area contributed by atoms with Gasteiger partial charge in [-0.05, 0) is 37.3 Å². The molecular formula is C24H17N3O3. The number of fused-ring (bicyclic) bond motifs is 3. The van der Waals surface area contributed by atoms with E-state index < -0.39 is 0 Å². The number of para-hydroxylation sites is 2. The smallest absolute Gasteiger partial charge is 0.244 e. The Kier molecular flexibility index (Phi) is 4.06. The van der Waals surface area contributed by atoms with Crippen LogP contribution in [-0.2, 0) is 11.3 Å². The molecule has 0 radical (unpaired) electrons. The highest BCUT2D eigenvalue weighted by Crippen LogP contribution is 2.29. The van der Waals surface area contributed by atoms with E-state index in [1.807, 2.05) is 35.8 Å². The zero-order valence-corrected chi connectivity index (χ0v) is 16.2. The number of imidazole rings is 1. The third-order valence-corrected chi connectivity index (χ3v) is 5.36. The first kappa shape index (κ1) is 18.0. The van der Waals surface area contributed by atoms with Gasteiger partial charge in [0.1, 0.15) is 12.4 Å². The van der Waals surface area contributed by atoms with Gasteiger partial charge in [-0.15, -0.1) is 0 Å². The Hall–Kier alpha value is -4.06. The molecule has 0 aliphatic heterocycles. The fraction of sp³-hybridized carbons (Fsp3) is 0.0833. The molecule has 0 saturated carbocycles. The van der Waals surface area contributed by atoms with Crippen LogP contribution in [0, 0.1) is 6.92 Å². The van der Waals surface area contributed by atoms with E-state index in [9.17, 15) is 14.4 Å². The van der Waals surface area contributed by atoms with Crippen LogP contribution in [0.3, 0.4) is 0 Å². The molecule has 30 heavy (non-hydrogen) atoms. The molecule has 0 saturated heterocycles. The van der Waals surface area contributed by atoms with Gasteiger partial charge in [0.05, 0.1) is 11.0 Å². The number of hydrogen-bond donors (Lipinski definition) is 1. The normalized spacial score (nSPS) is 12.6. The number of carbonyl (C=O) groups excluding carboxylic acids is 3. The topological polar surface area (TPSA) is 81.1 Å². The molecule has 0 atom stereocenters. The van der Waals surface area contributed by atoms with Crippen molar-refractivity contribution in [2.75, 3.05) is 5.32 Å². The molecule has 1 aromatic heterocycles. The highest BCUT2D eigenvalue weighted by molar-refractivity contribution is 6.28. The van der Waals surface area contributed by atoms with E-state index in [1.165, 1.54) is 0 Å². The lowest BCUT2D eigenvalue weighted by atomic mass is 9.84. The lowest BCUT2D eigenvalue weighted by molar-refractivity contribution is -0.116. The summed E-state index contributed by atoms with van der Waals surface area (Å²) in [5.74, 6) is 0.108. The highest BCUT2D eigenvalue weighted by Gasteiger charge is 2.29. The fourth-order valence-electron chi connectivity index (χ4n) is 3.92. The molecule has 3 aromatic carbocycles. The molecule has 5 rings (SSSR count). The van der Waals surface area contributed by atoms with Crippen LogP contribution >= 0.6 is 0 Å². The van der Waals surface area contributed by atoms with Crippen molar-refractivity contribution in [1.29, 1.82) is 0 Å². The van der Waals surface area contributed by atoms with Crippen molar-refractivity contribution in [2.24, 2.45) is 0 Å². The first-order chi connectivity index (χ1) is 14.5. The van der Waals surface area contributed by atoms with Gasteiger partial charge in [-0.2, -0.15) is 0 Å². The van der Waals surface area contributed by atoms with Crippen molar-refractivity contribution in [2.45, 2.75) is 13.5 Å². The summed E-state index contributed by atoms with van der Waals surface area (Å²) in [6, 6.07) is 19.2. The third-order valence-electron chi connectivity index (χ3n) is 5.36. The predicted octanol–water partition coefficient (Wildman–Crippen LogP) is 3.76. The van der Waals surface area contributed by atoms with E-state index in [0.717, 1.165) is 16.9 Å². The third kappa shape index (κ3) is 2.81. The van der Waals surface area contributed by atoms with Gasteiger partial charge in [-0.25, -0.2) is 4.98 Å². The summed E-state index contributed by atoms with van der Waals surface area (Å²) >= 11 is 0. The van der Waals surface area contributed by atoms with Crippen LogP contribution in [-0.4, -0.2) is 27.0 Å². The van der Waals surface area contributed by atoms with Gasteiger partial charge < -0.3 is 9.88 Å². The first-order valence-electron chi connectivity index (χ1n) is 9.57. The van der Waals surface area contributed by atoms with Crippen molar-refractivity contribution < 1.29 is 14.4 Å². The molecule has 0 fully saturated rings. The minimum atomic E-state index is -0.240. The van der Waals surface area contributed by atoms with Crippen molar-refractivity contribution >= 4 is 34.2 Å². The molecule has 1 aliphatic carbocycles. The quantitative estimate of drug-likeness (QED) is 0.504. The Labute approximate surface area is 172 Å². The lowest BCUT2D eigenvalue weighted by Gasteiger charge is -2.18. The number of nitrogens with zero attached hydrogens (tertiary/aromatic N) is 2. The fourth-order valence-corrected chi connectivity index (χ4v) is 3.92. The summed E-state index contributed by atoms with van der Waals surface area (Å²) in [4.78, 5) is 42.7. The van der Waals surface area contributed by atoms with Gasteiger partial charge in [0, 0.05) is 27.9 Å². The SMILES string of the molecule is Cc1nc2ccccc2n1CC(=O)Nc1ccc2c(c1)C(=O)c1ccccc1C2=O. The van der Waals surface area contributed by atoms with Crippen molar-refractivity contribution in [3.8, 4) is 0 Å². The standard InChI is InChI=1S/C24H17N3O3/c1-14-25-20-8-4-5-9-21(20)27(14)13-22(28)26-15-10-11-18-19(12-15)24(30)17-7-3-2-6-16(17)23(18)29/h2-12H,13H2,1H3,(H,26,28). The van der Waals surface area contributed by atoms with Crippen LogP contribution in [0.25, 0.3) is 11.0 Å². The summed E-state index contributed by atoms with van der Waals surface area (Å²) in [5, 5.41) is 2.83. The summed E-state index contributed by atoms with van der Waals surface area (Å²) in [7, 11) is 0. The molecule has 1 N–H and O–H groups in total. The van der Waals surface area contributed by atoms with Crippen molar-refractivity contribution in [3.63, 3.8) is 0 Å². The number of nitrogens with one attached hydrogen (secondary N) is 1. The van der Waals surface area contributed by atoms with E-state index in [4.69, 9.17) is 0 Å². The van der Waals surface area contributed by atoms with Crippen LogP contribution in [0.5, 0.6) is 0 Å². The van der Waals surface area contributed by atoms with Gasteiger partial charge in [0.25, 0.3) is 0 Å². The second-order valence-electron chi connectivity index (χ2n) is 7.25. The molecule has 1 heterocycles. The maximum Gasteiger partial charge on any atom is 0.244 e. The van der Waals surface area contributed by atoms with Crippen LogP contribution in [0.15, 0.2) is 66.7 Å². The van der Waals surface area contributed by atoms with E-state index in [0.29, 0.717) is 27.9 Å². The number of anilines is 1.